The number of carbonyl (C=O) groups excluding carboxylic acids is 1. The number of nitrogens with zero attached hydrogens (tertiary/aromatic N) is 1. The zero-order valence-corrected chi connectivity index (χ0v) is 11.5. The van der Waals surface area contributed by atoms with Crippen LogP contribution in [0.3, 0.4) is 0 Å². The summed E-state index contributed by atoms with van der Waals surface area (Å²) < 4.78 is 5.10. The van der Waals surface area contributed by atoms with Crippen LogP contribution in [0.15, 0.2) is 29.8 Å². The maximum atomic E-state index is 12.3. The number of methoxy groups -OCH3 is 1. The zero-order chi connectivity index (χ0) is 13.8. The highest BCUT2D eigenvalue weighted by molar-refractivity contribution is 5.95. The highest BCUT2D eigenvalue weighted by Crippen LogP contribution is 2.17. The lowest BCUT2D eigenvalue weighted by Gasteiger charge is -2.26. The molecule has 1 aliphatic rings. The van der Waals surface area contributed by atoms with Crippen LogP contribution in [0.2, 0.25) is 0 Å². The molecule has 1 aromatic rings. The van der Waals surface area contributed by atoms with Crippen LogP contribution in [0.1, 0.15) is 22.3 Å². The molecule has 4 heteroatoms. The number of aryl methyl sites for hydroxylation is 1. The summed E-state index contributed by atoms with van der Waals surface area (Å²) in [5.41, 5.74) is 9.43. The molecule has 0 radical (unpaired) electrons. The molecule has 0 aromatic heterocycles. The third-order valence-corrected chi connectivity index (χ3v) is 3.45. The van der Waals surface area contributed by atoms with Gasteiger partial charge in [0.2, 0.25) is 0 Å². The summed E-state index contributed by atoms with van der Waals surface area (Å²) in [6.07, 6.45) is 2.95. The number of nitrogen functional groups attached to an aromatic ring is 1. The Morgan fingerprint density at radius 2 is 2.26 bits per heavy atom. The van der Waals surface area contributed by atoms with Gasteiger partial charge in [-0.2, -0.15) is 0 Å². The van der Waals surface area contributed by atoms with Crippen molar-refractivity contribution < 1.29 is 9.53 Å². The molecule has 0 saturated carbocycles. The molecule has 2 N–H and O–H groups in total. The van der Waals surface area contributed by atoms with E-state index in [1.807, 2.05) is 24.0 Å². The quantitative estimate of drug-likeness (QED) is 0.668. The van der Waals surface area contributed by atoms with Crippen LogP contribution in [-0.2, 0) is 4.74 Å². The van der Waals surface area contributed by atoms with E-state index >= 15 is 0 Å². The molecule has 0 bridgehead atoms. The van der Waals surface area contributed by atoms with Gasteiger partial charge in [0.1, 0.15) is 0 Å². The van der Waals surface area contributed by atoms with Gasteiger partial charge in [0.15, 0.2) is 0 Å². The number of amides is 1. The van der Waals surface area contributed by atoms with Gasteiger partial charge in [0.25, 0.3) is 5.91 Å². The van der Waals surface area contributed by atoms with Crippen molar-refractivity contribution in [1.29, 1.82) is 0 Å². The third kappa shape index (κ3) is 3.15. The van der Waals surface area contributed by atoms with Crippen molar-refractivity contribution in [3.8, 4) is 0 Å². The topological polar surface area (TPSA) is 55.6 Å². The summed E-state index contributed by atoms with van der Waals surface area (Å²) in [4.78, 5) is 14.2. The molecule has 1 heterocycles. The van der Waals surface area contributed by atoms with E-state index in [1.54, 1.807) is 13.2 Å². The minimum atomic E-state index is 0.0411. The third-order valence-electron chi connectivity index (χ3n) is 3.45. The Kier molecular flexibility index (Phi) is 4.22. The highest BCUT2D eigenvalue weighted by Gasteiger charge is 2.18. The van der Waals surface area contributed by atoms with Crippen molar-refractivity contribution in [1.82, 2.24) is 4.90 Å². The van der Waals surface area contributed by atoms with Crippen molar-refractivity contribution in [3.05, 3.63) is 41.0 Å². The van der Waals surface area contributed by atoms with Crippen LogP contribution in [0.4, 0.5) is 5.69 Å². The fourth-order valence-electron chi connectivity index (χ4n) is 2.17. The number of hydrogen-bond acceptors (Lipinski definition) is 3. The van der Waals surface area contributed by atoms with E-state index in [1.165, 1.54) is 5.57 Å². The molecule has 1 amide bonds. The van der Waals surface area contributed by atoms with Gasteiger partial charge in [0, 0.05) is 31.5 Å². The van der Waals surface area contributed by atoms with Crippen molar-refractivity contribution in [3.63, 3.8) is 0 Å². The Balaban J connectivity index is 2.07. The van der Waals surface area contributed by atoms with Crippen LogP contribution in [0, 0.1) is 6.92 Å². The van der Waals surface area contributed by atoms with E-state index in [-0.39, 0.29) is 5.91 Å². The van der Waals surface area contributed by atoms with Gasteiger partial charge in [-0.3, -0.25) is 4.79 Å². The van der Waals surface area contributed by atoms with Gasteiger partial charge in [-0.05, 0) is 36.6 Å². The summed E-state index contributed by atoms with van der Waals surface area (Å²) in [6.45, 7) is 3.97. The lowest BCUT2D eigenvalue weighted by Crippen LogP contribution is -2.35. The van der Waals surface area contributed by atoms with Gasteiger partial charge in [-0.1, -0.05) is 12.1 Å². The first kappa shape index (κ1) is 13.6. The number of carbonyl (C=O) groups is 1. The van der Waals surface area contributed by atoms with E-state index in [2.05, 4.69) is 6.08 Å². The second-order valence-corrected chi connectivity index (χ2v) is 4.87. The number of benzene rings is 1. The summed E-state index contributed by atoms with van der Waals surface area (Å²) in [7, 11) is 1.69. The standard InChI is InChI=1S/C15H20N2O2/c1-11-3-4-13(9-14(11)16)15(18)17-7-5-12(6-8-17)10-19-2/h3-5,9H,6-8,10,16H2,1-2H3. The SMILES string of the molecule is COCC1=CCN(C(=O)c2ccc(C)c(N)c2)CC1. The van der Waals surface area contributed by atoms with Gasteiger partial charge in [0.05, 0.1) is 6.61 Å². The molecule has 4 nitrogen and oxygen atoms in total. The van der Waals surface area contributed by atoms with Crippen LogP contribution in [0.5, 0.6) is 0 Å². The molecule has 1 aromatic carbocycles. The summed E-state index contributed by atoms with van der Waals surface area (Å²) in [5, 5.41) is 0. The fraction of sp³-hybridized carbons (Fsp3) is 0.400. The van der Waals surface area contributed by atoms with Crippen molar-refractivity contribution in [2.24, 2.45) is 0 Å². The maximum absolute atomic E-state index is 12.3. The minimum Gasteiger partial charge on any atom is -0.398 e. The number of ether oxygens (including phenoxy) is 1. The van der Waals surface area contributed by atoms with Crippen LogP contribution < -0.4 is 5.73 Å². The molecule has 0 spiro atoms. The largest absolute Gasteiger partial charge is 0.398 e. The first-order valence-electron chi connectivity index (χ1n) is 6.44. The summed E-state index contributed by atoms with van der Waals surface area (Å²) in [6, 6.07) is 5.48. The first-order valence-corrected chi connectivity index (χ1v) is 6.44. The molecule has 102 valence electrons. The van der Waals surface area contributed by atoms with Gasteiger partial charge in [-0.25, -0.2) is 0 Å². The number of hydrogen-bond donors (Lipinski definition) is 1. The van der Waals surface area contributed by atoms with E-state index in [4.69, 9.17) is 10.5 Å². The van der Waals surface area contributed by atoms with Crippen molar-refractivity contribution >= 4 is 11.6 Å². The van der Waals surface area contributed by atoms with Gasteiger partial charge in [-0.15, -0.1) is 0 Å². The van der Waals surface area contributed by atoms with Crippen molar-refractivity contribution in [2.45, 2.75) is 13.3 Å². The second-order valence-electron chi connectivity index (χ2n) is 4.87. The summed E-state index contributed by atoms with van der Waals surface area (Å²) in [5.74, 6) is 0.0411. The molecule has 0 atom stereocenters. The average Bonchev–Trinajstić information content (AvgIpc) is 2.42. The zero-order valence-electron chi connectivity index (χ0n) is 11.5. The first-order chi connectivity index (χ1) is 9.11. The molecule has 1 aliphatic heterocycles. The Labute approximate surface area is 113 Å². The van der Waals surface area contributed by atoms with E-state index in [0.717, 1.165) is 18.5 Å². The van der Waals surface area contributed by atoms with E-state index < -0.39 is 0 Å². The van der Waals surface area contributed by atoms with Crippen molar-refractivity contribution in [2.75, 3.05) is 32.5 Å². The predicted octanol–water partition coefficient (Wildman–Crippen LogP) is 2.00. The monoisotopic (exact) mass is 260 g/mol. The van der Waals surface area contributed by atoms with E-state index in [9.17, 15) is 4.79 Å². The lowest BCUT2D eigenvalue weighted by molar-refractivity contribution is 0.0765. The molecular weight excluding hydrogens is 240 g/mol. The second kappa shape index (κ2) is 5.89. The molecule has 0 fully saturated rings. The summed E-state index contributed by atoms with van der Waals surface area (Å²) >= 11 is 0. The Morgan fingerprint density at radius 3 is 2.84 bits per heavy atom. The predicted molar refractivity (Wildman–Crippen MR) is 76.1 cm³/mol. The molecule has 2 rings (SSSR count). The number of anilines is 1. The number of rotatable bonds is 3. The highest BCUT2D eigenvalue weighted by atomic mass is 16.5. The smallest absolute Gasteiger partial charge is 0.254 e. The van der Waals surface area contributed by atoms with Crippen LogP contribution >= 0.6 is 0 Å². The Bertz CT molecular complexity index is 509. The van der Waals surface area contributed by atoms with Gasteiger partial charge >= 0.3 is 0 Å². The molecule has 0 saturated heterocycles. The van der Waals surface area contributed by atoms with E-state index in [0.29, 0.717) is 24.4 Å². The maximum Gasteiger partial charge on any atom is 0.254 e. The van der Waals surface area contributed by atoms with Crippen LogP contribution in [0.25, 0.3) is 0 Å². The normalized spacial score (nSPS) is 15.3. The molecule has 0 unspecified atom stereocenters. The minimum absolute atomic E-state index is 0.0411. The molecule has 19 heavy (non-hydrogen) atoms. The van der Waals surface area contributed by atoms with Gasteiger partial charge < -0.3 is 15.4 Å². The molecule has 0 aliphatic carbocycles. The number of nitrogens with two attached hydrogens (primary N) is 1. The average molecular weight is 260 g/mol. The lowest BCUT2D eigenvalue weighted by atomic mass is 10.1. The fourth-order valence-corrected chi connectivity index (χ4v) is 2.17. The molecular formula is C15H20N2O2. The Hall–Kier alpha value is -1.81. The van der Waals surface area contributed by atoms with Crippen LogP contribution in [-0.4, -0.2) is 37.6 Å². The Morgan fingerprint density at radius 1 is 1.47 bits per heavy atom.